The van der Waals surface area contributed by atoms with E-state index in [4.69, 9.17) is 0 Å². The smallest absolute Gasteiger partial charge is 0.238 e. The summed E-state index contributed by atoms with van der Waals surface area (Å²) in [5, 5.41) is 3.18. The van der Waals surface area contributed by atoms with Crippen molar-refractivity contribution in [3.63, 3.8) is 0 Å². The molecule has 1 aromatic carbocycles. The fraction of sp³-hybridized carbons (Fsp3) is 0.500. The van der Waals surface area contributed by atoms with Crippen LogP contribution in [-0.2, 0) is 14.6 Å². The number of carbonyl (C=O) groups is 1. The van der Waals surface area contributed by atoms with Crippen molar-refractivity contribution in [3.8, 4) is 0 Å². The Balaban J connectivity index is 2.05. The van der Waals surface area contributed by atoms with E-state index in [2.05, 4.69) is 5.32 Å². The van der Waals surface area contributed by atoms with Crippen LogP contribution in [0, 0.1) is 0 Å². The minimum atomic E-state index is -2.99. The molecular weight excluding hydrogens is 308 g/mol. The monoisotopic (exact) mass is 328 g/mol. The lowest BCUT2D eigenvalue weighted by atomic mass is 10.1. The van der Waals surface area contributed by atoms with E-state index < -0.39 is 9.84 Å². The van der Waals surface area contributed by atoms with Gasteiger partial charge in [-0.3, -0.25) is 10.1 Å². The number of thioether (sulfide) groups is 1. The summed E-state index contributed by atoms with van der Waals surface area (Å²) in [5.41, 5.74) is 1.03. The highest BCUT2D eigenvalue weighted by Gasteiger charge is 2.31. The average Bonchev–Trinajstić information content (AvgIpc) is 2.79. The third kappa shape index (κ3) is 4.46. The van der Waals surface area contributed by atoms with E-state index in [1.54, 1.807) is 16.7 Å². The molecule has 0 radical (unpaired) electrons. The minimum Gasteiger partial charge on any atom is -0.322 e. The molecule has 1 aliphatic rings. The number of rotatable bonds is 6. The van der Waals surface area contributed by atoms with Gasteiger partial charge in [0.2, 0.25) is 5.91 Å². The molecule has 2 rings (SSSR count). The van der Waals surface area contributed by atoms with Gasteiger partial charge in [-0.1, -0.05) is 12.1 Å². The normalized spacial score (nSPS) is 19.2. The Morgan fingerprint density at radius 1 is 1.33 bits per heavy atom. The predicted molar refractivity (Wildman–Crippen MR) is 85.0 cm³/mol. The molecule has 1 aliphatic heterocycles. The fourth-order valence-electron chi connectivity index (χ4n) is 2.37. The van der Waals surface area contributed by atoms with Gasteiger partial charge in [0.1, 0.15) is 16.0 Å². The Morgan fingerprint density at radius 3 is 2.57 bits per heavy atom. The summed E-state index contributed by atoms with van der Waals surface area (Å²) in [5.74, 6) is 0.122. The summed E-state index contributed by atoms with van der Waals surface area (Å²) >= 11 is 1.67. The van der Waals surface area contributed by atoms with Crippen molar-refractivity contribution in [2.24, 2.45) is 0 Å². The van der Waals surface area contributed by atoms with Gasteiger partial charge in [0.05, 0.1) is 12.3 Å². The molecular formula is C14H20N2O3S2. The van der Waals surface area contributed by atoms with Gasteiger partial charge in [0.25, 0.3) is 0 Å². The molecule has 1 N–H and O–H groups in total. The zero-order chi connectivity index (χ0) is 15.5. The highest BCUT2D eigenvalue weighted by Crippen LogP contribution is 2.25. The number of sulfone groups is 1. The number of benzene rings is 1. The molecule has 0 spiro atoms. The first-order valence-corrected chi connectivity index (χ1v) is 10.0. The van der Waals surface area contributed by atoms with Crippen LogP contribution in [0.4, 0.5) is 0 Å². The molecule has 1 atom stereocenters. The van der Waals surface area contributed by atoms with Gasteiger partial charge in [0.15, 0.2) is 0 Å². The van der Waals surface area contributed by atoms with E-state index in [1.165, 1.54) is 11.2 Å². The van der Waals surface area contributed by atoms with E-state index in [1.807, 2.05) is 30.5 Å². The van der Waals surface area contributed by atoms with Crippen molar-refractivity contribution in [3.05, 3.63) is 29.8 Å². The van der Waals surface area contributed by atoms with Crippen LogP contribution in [0.1, 0.15) is 18.2 Å². The Labute approximate surface area is 130 Å². The molecule has 0 aromatic heterocycles. The van der Waals surface area contributed by atoms with Crippen LogP contribution < -0.4 is 5.32 Å². The fourth-order valence-corrected chi connectivity index (χ4v) is 3.44. The maximum absolute atomic E-state index is 11.9. The molecule has 1 heterocycles. The first kappa shape index (κ1) is 16.3. The molecule has 0 bridgehead atoms. The van der Waals surface area contributed by atoms with Gasteiger partial charge < -0.3 is 4.90 Å². The predicted octanol–water partition coefficient (Wildman–Crippen LogP) is 1.27. The molecule has 7 heteroatoms. The lowest BCUT2D eigenvalue weighted by Gasteiger charge is -2.24. The van der Waals surface area contributed by atoms with Gasteiger partial charge in [-0.15, -0.1) is 11.8 Å². The third-order valence-corrected chi connectivity index (χ3v) is 5.20. The van der Waals surface area contributed by atoms with Gasteiger partial charge in [0, 0.05) is 17.7 Å². The molecule has 21 heavy (non-hydrogen) atoms. The number of hydrogen-bond acceptors (Lipinski definition) is 5. The van der Waals surface area contributed by atoms with E-state index >= 15 is 0 Å². The van der Waals surface area contributed by atoms with Crippen LogP contribution in [-0.4, -0.2) is 50.6 Å². The van der Waals surface area contributed by atoms with Crippen molar-refractivity contribution < 1.29 is 13.2 Å². The van der Waals surface area contributed by atoms with Crippen molar-refractivity contribution >= 4 is 27.5 Å². The second kappa shape index (κ2) is 6.81. The molecule has 0 saturated carbocycles. The highest BCUT2D eigenvalue weighted by molar-refractivity contribution is 7.98. The molecule has 5 nitrogen and oxygen atoms in total. The zero-order valence-corrected chi connectivity index (χ0v) is 13.8. The number of nitrogens with zero attached hydrogens (tertiary/aromatic N) is 1. The lowest BCUT2D eigenvalue weighted by molar-refractivity contribution is -0.128. The third-order valence-electron chi connectivity index (χ3n) is 3.42. The van der Waals surface area contributed by atoms with Gasteiger partial charge in [-0.2, -0.15) is 0 Å². The Hall–Kier alpha value is -1.05. The van der Waals surface area contributed by atoms with Gasteiger partial charge in [-0.25, -0.2) is 8.42 Å². The van der Waals surface area contributed by atoms with Crippen LogP contribution in [0.3, 0.4) is 0 Å². The number of carbonyl (C=O) groups excluding carboxylic acids is 1. The van der Waals surface area contributed by atoms with Crippen molar-refractivity contribution in [2.45, 2.75) is 17.5 Å². The zero-order valence-electron chi connectivity index (χ0n) is 12.2. The van der Waals surface area contributed by atoms with Crippen LogP contribution in [0.25, 0.3) is 0 Å². The molecule has 1 aromatic rings. The Kier molecular flexibility index (Phi) is 5.29. The maximum Gasteiger partial charge on any atom is 0.238 e. The maximum atomic E-state index is 11.9. The number of hydrogen-bond donors (Lipinski definition) is 1. The topological polar surface area (TPSA) is 66.5 Å². The quantitative estimate of drug-likeness (QED) is 0.797. The van der Waals surface area contributed by atoms with E-state index in [-0.39, 0.29) is 17.8 Å². The first-order valence-electron chi connectivity index (χ1n) is 6.75. The Bertz CT molecular complexity index is 599. The van der Waals surface area contributed by atoms with E-state index in [9.17, 15) is 13.2 Å². The first-order chi connectivity index (χ1) is 9.90. The SMILES string of the molecule is CSc1ccc(C2NCC(=O)N2CCCS(C)(=O)=O)cc1. The lowest BCUT2D eigenvalue weighted by Crippen LogP contribution is -2.32. The van der Waals surface area contributed by atoms with Crippen LogP contribution in [0.15, 0.2) is 29.2 Å². The van der Waals surface area contributed by atoms with Crippen molar-refractivity contribution in [2.75, 3.05) is 31.4 Å². The number of nitrogens with one attached hydrogen (secondary N) is 1. The van der Waals surface area contributed by atoms with Crippen molar-refractivity contribution in [1.29, 1.82) is 0 Å². The van der Waals surface area contributed by atoms with Crippen LogP contribution >= 0.6 is 11.8 Å². The minimum absolute atomic E-state index is 0.0162. The summed E-state index contributed by atoms with van der Waals surface area (Å²) in [6.45, 7) is 0.752. The molecule has 116 valence electrons. The van der Waals surface area contributed by atoms with E-state index in [0.29, 0.717) is 19.5 Å². The number of amides is 1. The van der Waals surface area contributed by atoms with Crippen molar-refractivity contribution in [1.82, 2.24) is 10.2 Å². The van der Waals surface area contributed by atoms with Crippen LogP contribution in [0.2, 0.25) is 0 Å². The molecule has 0 aliphatic carbocycles. The van der Waals surface area contributed by atoms with Gasteiger partial charge >= 0.3 is 0 Å². The summed E-state index contributed by atoms with van der Waals surface area (Å²) < 4.78 is 22.4. The molecule has 1 saturated heterocycles. The molecule has 1 unspecified atom stereocenters. The Morgan fingerprint density at radius 2 is 2.00 bits per heavy atom. The summed E-state index contributed by atoms with van der Waals surface area (Å²) in [4.78, 5) is 14.8. The molecule has 1 fully saturated rings. The second-order valence-electron chi connectivity index (χ2n) is 5.13. The summed E-state index contributed by atoms with van der Waals surface area (Å²) in [6.07, 6.45) is 3.54. The van der Waals surface area contributed by atoms with E-state index in [0.717, 1.165) is 5.56 Å². The summed E-state index contributed by atoms with van der Waals surface area (Å²) in [7, 11) is -2.99. The standard InChI is InChI=1S/C14H20N2O3S2/c1-20-12-6-4-11(5-7-12)14-15-10-13(17)16(14)8-3-9-21(2,18)19/h4-7,14-15H,3,8-10H2,1-2H3. The van der Waals surface area contributed by atoms with Crippen LogP contribution in [0.5, 0.6) is 0 Å². The molecule has 1 amide bonds. The summed E-state index contributed by atoms with van der Waals surface area (Å²) in [6, 6.07) is 8.07. The largest absolute Gasteiger partial charge is 0.322 e. The second-order valence-corrected chi connectivity index (χ2v) is 8.27. The average molecular weight is 328 g/mol. The highest BCUT2D eigenvalue weighted by atomic mass is 32.2. The van der Waals surface area contributed by atoms with Gasteiger partial charge in [-0.05, 0) is 30.4 Å².